The number of H-pyrrole nitrogens is 2. The normalized spacial score (nSPS) is 11.3. The van der Waals surface area contributed by atoms with Crippen molar-refractivity contribution >= 4 is 22.6 Å². The molecule has 0 saturated carbocycles. The van der Waals surface area contributed by atoms with Crippen LogP contribution in [0, 0.1) is 5.82 Å². The Morgan fingerprint density at radius 2 is 1.91 bits per heavy atom. The zero-order chi connectivity index (χ0) is 15.9. The van der Waals surface area contributed by atoms with E-state index >= 15 is 0 Å². The predicted octanol–water partition coefficient (Wildman–Crippen LogP) is 2.71. The molecule has 0 fully saturated rings. The minimum Gasteiger partial charge on any atom is -0.415 e. The van der Waals surface area contributed by atoms with Crippen LogP contribution in [-0.2, 0) is 0 Å². The Bertz CT molecular complexity index is 892. The first kappa shape index (κ1) is 14.4. The Kier molecular flexibility index (Phi) is 3.49. The van der Waals surface area contributed by atoms with Gasteiger partial charge >= 0.3 is 12.3 Å². The van der Waals surface area contributed by atoms with E-state index in [1.54, 1.807) is 0 Å². The maximum absolute atomic E-state index is 13.7. The average Bonchev–Trinajstić information content (AvgIpc) is 2.82. The summed E-state index contributed by atoms with van der Waals surface area (Å²) in [6.07, 6.45) is 2.10. The fourth-order valence-corrected chi connectivity index (χ4v) is 2.26. The van der Waals surface area contributed by atoms with Gasteiger partial charge in [0, 0.05) is 5.56 Å². The van der Waals surface area contributed by atoms with Crippen molar-refractivity contribution in [2.75, 3.05) is 0 Å². The van der Waals surface area contributed by atoms with Crippen LogP contribution in [0.25, 0.3) is 22.3 Å². The Hall–Kier alpha value is -2.55. The summed E-state index contributed by atoms with van der Waals surface area (Å²) >= 11 is 5.98. The summed E-state index contributed by atoms with van der Waals surface area (Å²) in [5, 5.41) is -0.0166. The summed E-state index contributed by atoms with van der Waals surface area (Å²) in [6.45, 7) is -3.03. The van der Waals surface area contributed by atoms with Gasteiger partial charge < -0.3 is 14.7 Å². The van der Waals surface area contributed by atoms with Gasteiger partial charge in [0.25, 0.3) is 0 Å². The van der Waals surface area contributed by atoms with Gasteiger partial charge in [-0.1, -0.05) is 11.6 Å². The molecule has 0 spiro atoms. The molecule has 0 aliphatic heterocycles. The molecule has 6 nitrogen and oxygen atoms in total. The van der Waals surface area contributed by atoms with Crippen molar-refractivity contribution in [1.82, 2.24) is 19.9 Å². The highest BCUT2D eigenvalue weighted by atomic mass is 35.5. The fourth-order valence-electron chi connectivity index (χ4n) is 1.97. The number of alkyl halides is 2. The Balaban J connectivity index is 2.15. The van der Waals surface area contributed by atoms with E-state index in [1.807, 2.05) is 0 Å². The zero-order valence-electron chi connectivity index (χ0n) is 10.5. The molecule has 0 unspecified atom stereocenters. The molecule has 0 bridgehead atoms. The van der Waals surface area contributed by atoms with Gasteiger partial charge in [-0.2, -0.15) is 8.78 Å². The third-order valence-electron chi connectivity index (χ3n) is 2.80. The minimum absolute atomic E-state index is 0.0166. The van der Waals surface area contributed by atoms with Crippen LogP contribution in [0.4, 0.5) is 13.2 Å². The Labute approximate surface area is 124 Å². The molecule has 0 amide bonds. The van der Waals surface area contributed by atoms with Crippen LogP contribution in [-0.4, -0.2) is 26.5 Å². The first-order valence-corrected chi connectivity index (χ1v) is 6.20. The van der Waals surface area contributed by atoms with E-state index in [0.717, 1.165) is 18.5 Å². The lowest BCUT2D eigenvalue weighted by Crippen LogP contribution is -2.04. The number of benzene rings is 1. The van der Waals surface area contributed by atoms with Gasteiger partial charge in [-0.15, -0.1) is 0 Å². The predicted molar refractivity (Wildman–Crippen MR) is 71.5 cm³/mol. The van der Waals surface area contributed by atoms with Crippen LogP contribution in [0.15, 0.2) is 23.3 Å². The van der Waals surface area contributed by atoms with Gasteiger partial charge in [0.1, 0.15) is 11.3 Å². The molecular formula is C12H6ClF3N4O2. The topological polar surface area (TPSA) is 83.7 Å². The second-order valence-electron chi connectivity index (χ2n) is 4.16. The highest BCUT2D eigenvalue weighted by Gasteiger charge is 2.17. The second kappa shape index (κ2) is 5.34. The average molecular weight is 331 g/mol. The van der Waals surface area contributed by atoms with Gasteiger partial charge in [-0.05, 0) is 6.07 Å². The van der Waals surface area contributed by atoms with Crippen molar-refractivity contribution in [1.29, 1.82) is 0 Å². The molecule has 114 valence electrons. The molecule has 10 heteroatoms. The van der Waals surface area contributed by atoms with E-state index in [2.05, 4.69) is 24.7 Å². The largest absolute Gasteiger partial charge is 0.415 e. The number of aromatic amines is 2. The lowest BCUT2D eigenvalue weighted by molar-refractivity contribution is -0.0530. The molecular weight excluding hydrogens is 325 g/mol. The highest BCUT2D eigenvalue weighted by molar-refractivity contribution is 6.34. The number of aromatic nitrogens is 4. The maximum Gasteiger partial charge on any atom is 0.388 e. The quantitative estimate of drug-likeness (QED) is 0.773. The van der Waals surface area contributed by atoms with Crippen molar-refractivity contribution in [3.8, 4) is 17.1 Å². The number of rotatable bonds is 3. The van der Waals surface area contributed by atoms with E-state index in [1.165, 1.54) is 0 Å². The molecule has 0 atom stereocenters. The molecule has 0 saturated heterocycles. The molecule has 1 aromatic carbocycles. The van der Waals surface area contributed by atoms with Gasteiger partial charge in [0.05, 0.1) is 28.6 Å². The molecule has 2 aromatic heterocycles. The van der Waals surface area contributed by atoms with Crippen molar-refractivity contribution < 1.29 is 17.9 Å². The van der Waals surface area contributed by atoms with Crippen molar-refractivity contribution in [2.45, 2.75) is 6.61 Å². The number of hydrogen-bond donors (Lipinski definition) is 2. The third kappa shape index (κ3) is 2.50. The van der Waals surface area contributed by atoms with Crippen molar-refractivity contribution in [3.63, 3.8) is 0 Å². The van der Waals surface area contributed by atoms with Gasteiger partial charge in [0.15, 0.2) is 0 Å². The van der Waals surface area contributed by atoms with Crippen LogP contribution in [0.2, 0.25) is 5.02 Å². The van der Waals surface area contributed by atoms with E-state index in [9.17, 15) is 18.0 Å². The van der Waals surface area contributed by atoms with Crippen LogP contribution in [0.1, 0.15) is 0 Å². The number of ether oxygens (including phenoxy) is 1. The third-order valence-corrected chi connectivity index (χ3v) is 3.10. The molecule has 0 radical (unpaired) electrons. The van der Waals surface area contributed by atoms with Crippen LogP contribution in [0.5, 0.6) is 5.88 Å². The van der Waals surface area contributed by atoms with E-state index in [4.69, 9.17) is 11.6 Å². The van der Waals surface area contributed by atoms with Gasteiger partial charge in [-0.25, -0.2) is 19.2 Å². The summed E-state index contributed by atoms with van der Waals surface area (Å²) < 4.78 is 42.0. The number of hydrogen-bond acceptors (Lipinski definition) is 4. The summed E-state index contributed by atoms with van der Waals surface area (Å²) in [4.78, 5) is 23.6. The molecule has 0 aliphatic carbocycles. The molecule has 2 heterocycles. The van der Waals surface area contributed by atoms with E-state index in [0.29, 0.717) is 0 Å². The highest BCUT2D eigenvalue weighted by Crippen LogP contribution is 2.33. The first-order chi connectivity index (χ1) is 10.5. The van der Waals surface area contributed by atoms with Crippen LogP contribution in [0.3, 0.4) is 0 Å². The SMILES string of the molecule is O=c1[nH]c2c(F)cc(Cl)c(-c3cnc(OC(F)F)cn3)c2[nH]1. The summed E-state index contributed by atoms with van der Waals surface area (Å²) in [6, 6.07) is 1.01. The minimum atomic E-state index is -3.03. The molecule has 2 N–H and O–H groups in total. The molecule has 0 aliphatic rings. The maximum atomic E-state index is 13.7. The first-order valence-electron chi connectivity index (χ1n) is 5.83. The van der Waals surface area contributed by atoms with Crippen molar-refractivity contribution in [2.24, 2.45) is 0 Å². The van der Waals surface area contributed by atoms with Gasteiger partial charge in [0.2, 0.25) is 5.88 Å². The van der Waals surface area contributed by atoms with E-state index < -0.39 is 18.1 Å². The summed E-state index contributed by atoms with van der Waals surface area (Å²) in [5.41, 5.74) is -0.214. The molecule has 3 rings (SSSR count). The monoisotopic (exact) mass is 330 g/mol. The summed E-state index contributed by atoms with van der Waals surface area (Å²) in [7, 11) is 0. The fraction of sp³-hybridized carbons (Fsp3) is 0.0833. The number of imidazole rings is 1. The molecule has 22 heavy (non-hydrogen) atoms. The lowest BCUT2D eigenvalue weighted by Gasteiger charge is -2.07. The summed E-state index contributed by atoms with van der Waals surface area (Å²) in [5.74, 6) is -1.09. The second-order valence-corrected chi connectivity index (χ2v) is 4.57. The van der Waals surface area contributed by atoms with E-state index in [-0.39, 0.29) is 33.2 Å². The Morgan fingerprint density at radius 3 is 2.55 bits per heavy atom. The number of fused-ring (bicyclic) bond motifs is 1. The van der Waals surface area contributed by atoms with Crippen LogP contribution < -0.4 is 10.4 Å². The number of nitrogens with zero attached hydrogens (tertiary/aromatic N) is 2. The standard InChI is InChI=1S/C12H6ClF3N4O2/c13-4-1-5(14)9-10(20-12(21)19-9)8(4)6-2-18-7(3-17-6)22-11(15)16/h1-3,11H,(H2,19,20,21). The van der Waals surface area contributed by atoms with Crippen molar-refractivity contribution in [3.05, 3.63) is 39.8 Å². The smallest absolute Gasteiger partial charge is 0.388 e. The number of halogens is 4. The van der Waals surface area contributed by atoms with Gasteiger partial charge in [-0.3, -0.25) is 0 Å². The Morgan fingerprint density at radius 1 is 1.18 bits per heavy atom. The zero-order valence-corrected chi connectivity index (χ0v) is 11.3. The lowest BCUT2D eigenvalue weighted by atomic mass is 10.1. The molecule has 3 aromatic rings. The number of nitrogens with one attached hydrogen (secondary N) is 2. The van der Waals surface area contributed by atoms with Crippen LogP contribution >= 0.6 is 11.6 Å².